The second kappa shape index (κ2) is 10.6. The topological polar surface area (TPSA) is 102 Å². The van der Waals surface area contributed by atoms with Gasteiger partial charge in [0.05, 0.1) is 24.3 Å². The highest BCUT2D eigenvalue weighted by molar-refractivity contribution is 8.18. The van der Waals surface area contributed by atoms with Gasteiger partial charge in [-0.25, -0.2) is 9.79 Å². The van der Waals surface area contributed by atoms with E-state index >= 15 is 0 Å². The molecular formula is C28H27N3O5S. The molecule has 0 spiro atoms. The molecule has 9 heteroatoms. The zero-order chi connectivity index (χ0) is 25.9. The van der Waals surface area contributed by atoms with E-state index in [-0.39, 0.29) is 36.4 Å². The molecule has 5 rings (SSSR count). The number of aliphatic hydroxyl groups is 1. The van der Waals surface area contributed by atoms with Gasteiger partial charge in [0, 0.05) is 28.7 Å². The Morgan fingerprint density at radius 3 is 2.65 bits per heavy atom. The summed E-state index contributed by atoms with van der Waals surface area (Å²) in [6.07, 6.45) is 5.76. The van der Waals surface area contributed by atoms with Gasteiger partial charge in [-0.15, -0.1) is 0 Å². The zero-order valence-electron chi connectivity index (χ0n) is 20.6. The Labute approximate surface area is 218 Å². The van der Waals surface area contributed by atoms with Crippen LogP contribution in [-0.4, -0.2) is 46.4 Å². The summed E-state index contributed by atoms with van der Waals surface area (Å²) in [5, 5.41) is 15.4. The van der Waals surface area contributed by atoms with Gasteiger partial charge in [0.1, 0.15) is 28.7 Å². The number of hydrogen-bond donors (Lipinski definition) is 2. The largest absolute Gasteiger partial charge is 0.506 e. The van der Waals surface area contributed by atoms with Gasteiger partial charge in [-0.1, -0.05) is 30.0 Å². The minimum absolute atomic E-state index is 0.0288. The molecule has 2 heterocycles. The van der Waals surface area contributed by atoms with E-state index in [4.69, 9.17) is 9.47 Å². The number of benzene rings is 2. The Bertz CT molecular complexity index is 1450. The number of amides is 1. The number of hydrogen-bond acceptors (Lipinski definition) is 7. The minimum atomic E-state index is -0.637. The number of ether oxygens (including phenoxy) is 2. The van der Waals surface area contributed by atoms with Gasteiger partial charge in [0.25, 0.3) is 0 Å². The molecule has 0 radical (unpaired) electrons. The van der Waals surface area contributed by atoms with Crippen molar-refractivity contribution >= 4 is 51.3 Å². The van der Waals surface area contributed by atoms with Crippen LogP contribution >= 0.6 is 11.8 Å². The fourth-order valence-corrected chi connectivity index (χ4v) is 5.11. The number of esters is 1. The number of thioether (sulfide) groups is 1. The van der Waals surface area contributed by atoms with Gasteiger partial charge in [-0.3, -0.25) is 4.79 Å². The van der Waals surface area contributed by atoms with Crippen molar-refractivity contribution in [2.75, 3.05) is 13.7 Å². The third kappa shape index (κ3) is 5.41. The van der Waals surface area contributed by atoms with Crippen molar-refractivity contribution in [3.8, 4) is 5.75 Å². The van der Waals surface area contributed by atoms with Gasteiger partial charge in [-0.05, 0) is 56.2 Å². The minimum Gasteiger partial charge on any atom is -0.506 e. The lowest BCUT2D eigenvalue weighted by atomic mass is 10.1. The van der Waals surface area contributed by atoms with Crippen LogP contribution in [0.25, 0.3) is 17.0 Å². The fraction of sp³-hybridized carbons (Fsp3) is 0.250. The van der Waals surface area contributed by atoms with Crippen LogP contribution in [0.4, 0.5) is 5.69 Å². The molecule has 0 saturated heterocycles. The normalized spacial score (nSPS) is 17.6. The third-order valence-electron chi connectivity index (χ3n) is 6.04. The number of aliphatic imine (C=N–C) groups is 1. The predicted octanol–water partition coefficient (Wildman–Crippen LogP) is 5.12. The second-order valence-electron chi connectivity index (χ2n) is 8.74. The molecule has 1 saturated carbocycles. The Morgan fingerprint density at radius 1 is 1.19 bits per heavy atom. The summed E-state index contributed by atoms with van der Waals surface area (Å²) < 4.78 is 12.3. The fourth-order valence-electron chi connectivity index (χ4n) is 4.08. The van der Waals surface area contributed by atoms with E-state index in [0.29, 0.717) is 21.4 Å². The smallest absolute Gasteiger partial charge is 0.344 e. The van der Waals surface area contributed by atoms with Crippen molar-refractivity contribution in [1.82, 2.24) is 9.88 Å². The first kappa shape index (κ1) is 24.7. The Kier molecular flexibility index (Phi) is 7.05. The lowest BCUT2D eigenvalue weighted by Crippen LogP contribution is -2.29. The van der Waals surface area contributed by atoms with Crippen LogP contribution in [-0.2, 0) is 20.9 Å². The molecule has 1 aromatic heterocycles. The molecule has 3 aromatic rings. The highest BCUT2D eigenvalue weighted by Crippen LogP contribution is 2.41. The van der Waals surface area contributed by atoms with E-state index in [0.717, 1.165) is 29.3 Å². The average molecular weight is 518 g/mol. The molecule has 1 aliphatic carbocycles. The summed E-state index contributed by atoms with van der Waals surface area (Å²) in [7, 11) is 1.58. The Morgan fingerprint density at radius 2 is 1.95 bits per heavy atom. The molecule has 0 bridgehead atoms. The van der Waals surface area contributed by atoms with Crippen LogP contribution in [0.15, 0.2) is 76.0 Å². The summed E-state index contributed by atoms with van der Waals surface area (Å²) in [5.74, 6) is -0.157. The number of methoxy groups -OCH3 is 1. The molecule has 190 valence electrons. The lowest BCUT2D eigenvalue weighted by Gasteiger charge is -2.05. The SMILES string of the molecule is CCOC(=O)C1=C(O)/C(=C/c2cn(CC(=O)NC3CC3)c3ccccc23)SC1=Nc1ccc(OC)cc1. The number of fused-ring (bicyclic) bond motifs is 1. The quantitative estimate of drug-likeness (QED) is 0.402. The summed E-state index contributed by atoms with van der Waals surface area (Å²) >= 11 is 1.20. The van der Waals surface area contributed by atoms with Crippen LogP contribution < -0.4 is 10.1 Å². The van der Waals surface area contributed by atoms with E-state index in [9.17, 15) is 14.7 Å². The first-order chi connectivity index (χ1) is 18.0. The van der Waals surface area contributed by atoms with Crippen molar-refractivity contribution in [3.05, 3.63) is 76.5 Å². The van der Waals surface area contributed by atoms with E-state index in [1.807, 2.05) is 41.1 Å². The maximum Gasteiger partial charge on any atom is 0.344 e. The van der Waals surface area contributed by atoms with Crippen molar-refractivity contribution in [2.24, 2.45) is 4.99 Å². The monoisotopic (exact) mass is 517 g/mol. The standard InChI is InChI=1S/C28H27N3O5S/c1-3-36-28(34)25-26(33)23(37-27(25)30-19-10-12-20(35-2)13-11-19)14-17-15-31(16-24(32)29-18-8-9-18)22-7-5-4-6-21(17)22/h4-7,10-15,18,33H,3,8-9,16H2,1-2H3,(H,29,32)/b23-14-,30-27?. The van der Waals surface area contributed by atoms with Crippen LogP contribution in [0.1, 0.15) is 25.3 Å². The second-order valence-corrected chi connectivity index (χ2v) is 9.77. The molecular weight excluding hydrogens is 490 g/mol. The van der Waals surface area contributed by atoms with E-state index < -0.39 is 5.97 Å². The number of carbonyl (C=O) groups excluding carboxylic acids is 2. The summed E-state index contributed by atoms with van der Waals surface area (Å²) in [6.45, 7) is 2.09. The van der Waals surface area contributed by atoms with Gasteiger partial charge >= 0.3 is 5.97 Å². The van der Waals surface area contributed by atoms with Crippen molar-refractivity contribution in [1.29, 1.82) is 0 Å². The molecule has 37 heavy (non-hydrogen) atoms. The van der Waals surface area contributed by atoms with Gasteiger partial charge in [0.15, 0.2) is 0 Å². The number of para-hydroxylation sites is 1. The summed E-state index contributed by atoms with van der Waals surface area (Å²) in [4.78, 5) is 30.3. The molecule has 2 aliphatic rings. The highest BCUT2D eigenvalue weighted by Gasteiger charge is 2.33. The van der Waals surface area contributed by atoms with Gasteiger partial charge < -0.3 is 24.5 Å². The van der Waals surface area contributed by atoms with Gasteiger partial charge in [0.2, 0.25) is 5.91 Å². The third-order valence-corrected chi connectivity index (χ3v) is 7.06. The first-order valence-electron chi connectivity index (χ1n) is 12.1. The number of nitrogens with zero attached hydrogens (tertiary/aromatic N) is 2. The van der Waals surface area contributed by atoms with E-state index in [1.165, 1.54) is 11.8 Å². The summed E-state index contributed by atoms with van der Waals surface area (Å²) in [6, 6.07) is 15.2. The maximum absolute atomic E-state index is 12.8. The number of aromatic nitrogens is 1. The predicted molar refractivity (Wildman–Crippen MR) is 145 cm³/mol. The highest BCUT2D eigenvalue weighted by atomic mass is 32.2. The molecule has 1 amide bonds. The number of nitrogens with one attached hydrogen (secondary N) is 1. The number of carbonyl (C=O) groups is 2. The number of aliphatic hydroxyl groups excluding tert-OH is 1. The van der Waals surface area contributed by atoms with Crippen LogP contribution in [0.2, 0.25) is 0 Å². The molecule has 8 nitrogen and oxygen atoms in total. The zero-order valence-corrected chi connectivity index (χ0v) is 21.4. The first-order valence-corrected chi connectivity index (χ1v) is 12.9. The Balaban J connectivity index is 1.51. The van der Waals surface area contributed by atoms with Crippen LogP contribution in [0.3, 0.4) is 0 Å². The number of rotatable bonds is 8. The van der Waals surface area contributed by atoms with Crippen molar-refractivity contribution < 1.29 is 24.2 Å². The maximum atomic E-state index is 12.8. The average Bonchev–Trinajstić information content (AvgIpc) is 3.57. The molecule has 0 atom stereocenters. The molecule has 0 unspecified atom stereocenters. The van der Waals surface area contributed by atoms with Crippen molar-refractivity contribution in [3.63, 3.8) is 0 Å². The van der Waals surface area contributed by atoms with Crippen molar-refractivity contribution in [2.45, 2.75) is 32.4 Å². The molecule has 1 aliphatic heterocycles. The molecule has 2 aromatic carbocycles. The van der Waals surface area contributed by atoms with Gasteiger partial charge in [-0.2, -0.15) is 0 Å². The van der Waals surface area contributed by atoms with Crippen LogP contribution in [0.5, 0.6) is 5.75 Å². The van der Waals surface area contributed by atoms with Crippen LogP contribution in [0, 0.1) is 0 Å². The summed E-state index contributed by atoms with van der Waals surface area (Å²) in [5.41, 5.74) is 2.36. The molecule has 1 fully saturated rings. The van der Waals surface area contributed by atoms with E-state index in [1.54, 1.807) is 38.3 Å². The lowest BCUT2D eigenvalue weighted by molar-refractivity contribution is -0.138. The Hall–Kier alpha value is -3.98. The van der Waals surface area contributed by atoms with E-state index in [2.05, 4.69) is 10.3 Å². The molecule has 2 N–H and O–H groups in total.